The first-order chi connectivity index (χ1) is 10.4. The Morgan fingerprint density at radius 1 is 1.00 bits per heavy atom. The first kappa shape index (κ1) is 17.8. The van der Waals surface area contributed by atoms with E-state index in [-0.39, 0.29) is 31.7 Å². The van der Waals surface area contributed by atoms with E-state index >= 15 is 0 Å². The summed E-state index contributed by atoms with van der Waals surface area (Å²) in [7, 11) is 0. The lowest BCUT2D eigenvalue weighted by Gasteiger charge is -2.13. The van der Waals surface area contributed by atoms with Gasteiger partial charge in [0.15, 0.2) is 5.78 Å². The molecule has 2 atom stereocenters. The van der Waals surface area contributed by atoms with Gasteiger partial charge in [0, 0.05) is 18.4 Å². The third-order valence-corrected chi connectivity index (χ3v) is 3.07. The van der Waals surface area contributed by atoms with E-state index < -0.39 is 24.0 Å². The van der Waals surface area contributed by atoms with E-state index in [0.717, 1.165) is 0 Å². The molecule has 6 N–H and O–H groups in total. The first-order valence-corrected chi connectivity index (χ1v) is 6.97. The second-order valence-electron chi connectivity index (χ2n) is 4.90. The molecule has 7 nitrogen and oxygen atoms in total. The molecule has 1 aromatic carbocycles. The van der Waals surface area contributed by atoms with Gasteiger partial charge >= 0.3 is 5.97 Å². The van der Waals surface area contributed by atoms with Gasteiger partial charge in [0.05, 0.1) is 12.6 Å². The van der Waals surface area contributed by atoms with Crippen LogP contribution in [0.4, 0.5) is 0 Å². The lowest BCUT2D eigenvalue weighted by Crippen LogP contribution is -2.36. The van der Waals surface area contributed by atoms with Crippen molar-refractivity contribution in [3.63, 3.8) is 0 Å². The Kier molecular flexibility index (Phi) is 7.21. The number of primary amides is 1. The molecule has 0 radical (unpaired) electrons. The minimum atomic E-state index is -0.909. The molecule has 7 heteroatoms. The zero-order chi connectivity index (χ0) is 16.5. The largest absolute Gasteiger partial charge is 0.464 e. The van der Waals surface area contributed by atoms with Gasteiger partial charge < -0.3 is 21.9 Å². The van der Waals surface area contributed by atoms with Crippen molar-refractivity contribution >= 4 is 17.7 Å². The highest BCUT2D eigenvalue weighted by molar-refractivity contribution is 5.99. The third-order valence-electron chi connectivity index (χ3n) is 3.07. The second-order valence-corrected chi connectivity index (χ2v) is 4.90. The predicted octanol–water partition coefficient (Wildman–Crippen LogP) is -0.277. The van der Waals surface area contributed by atoms with Crippen LogP contribution in [-0.4, -0.2) is 36.4 Å². The van der Waals surface area contributed by atoms with E-state index in [9.17, 15) is 14.4 Å². The van der Waals surface area contributed by atoms with Crippen LogP contribution < -0.4 is 17.2 Å². The number of rotatable bonds is 9. The number of carbonyl (C=O) groups is 3. The molecule has 1 rings (SSSR count). The van der Waals surface area contributed by atoms with Gasteiger partial charge in [-0.05, 0) is 6.42 Å². The number of ether oxygens (including phenoxy) is 1. The van der Waals surface area contributed by atoms with Crippen molar-refractivity contribution in [1.82, 2.24) is 0 Å². The Morgan fingerprint density at radius 2 is 1.64 bits per heavy atom. The van der Waals surface area contributed by atoms with Crippen molar-refractivity contribution in [2.75, 3.05) is 6.61 Å². The number of ketones is 1. The third kappa shape index (κ3) is 6.02. The topological polar surface area (TPSA) is 138 Å². The van der Waals surface area contributed by atoms with Crippen molar-refractivity contribution < 1.29 is 19.1 Å². The normalized spacial score (nSPS) is 13.2. The molecule has 22 heavy (non-hydrogen) atoms. The number of esters is 1. The van der Waals surface area contributed by atoms with Crippen molar-refractivity contribution in [2.24, 2.45) is 17.2 Å². The average molecular weight is 307 g/mol. The summed E-state index contributed by atoms with van der Waals surface area (Å²) < 4.78 is 4.94. The molecule has 1 aromatic rings. The number of nitrogens with two attached hydrogens (primary N) is 3. The highest BCUT2D eigenvalue weighted by Gasteiger charge is 2.18. The first-order valence-electron chi connectivity index (χ1n) is 6.97. The maximum atomic E-state index is 12.0. The molecular weight excluding hydrogens is 286 g/mol. The highest BCUT2D eigenvalue weighted by atomic mass is 16.5. The average Bonchev–Trinajstić information content (AvgIpc) is 2.52. The van der Waals surface area contributed by atoms with Gasteiger partial charge in [-0.15, -0.1) is 0 Å². The fraction of sp³-hybridized carbons (Fsp3) is 0.400. The molecule has 1 amide bonds. The number of amides is 1. The maximum absolute atomic E-state index is 12.0. The maximum Gasteiger partial charge on any atom is 0.322 e. The van der Waals surface area contributed by atoms with Crippen LogP contribution in [0.1, 0.15) is 29.6 Å². The van der Waals surface area contributed by atoms with E-state index in [2.05, 4.69) is 0 Å². The van der Waals surface area contributed by atoms with Crippen molar-refractivity contribution in [1.29, 1.82) is 0 Å². The van der Waals surface area contributed by atoms with Crippen LogP contribution in [-0.2, 0) is 14.3 Å². The number of Topliss-reactive ketones (excluding diaryl/α,β-unsaturated/α-hetero) is 1. The second kappa shape index (κ2) is 8.91. The zero-order valence-electron chi connectivity index (χ0n) is 12.2. The summed E-state index contributed by atoms with van der Waals surface area (Å²) in [6.07, 6.45) is 0.341. The molecule has 1 unspecified atom stereocenters. The molecule has 0 spiro atoms. The van der Waals surface area contributed by atoms with Gasteiger partial charge in [0.25, 0.3) is 0 Å². The van der Waals surface area contributed by atoms with Crippen LogP contribution in [0.2, 0.25) is 0 Å². The van der Waals surface area contributed by atoms with Crippen LogP contribution in [0.5, 0.6) is 0 Å². The molecule has 0 aromatic heterocycles. The van der Waals surface area contributed by atoms with Crippen LogP contribution >= 0.6 is 0 Å². The van der Waals surface area contributed by atoms with Crippen molar-refractivity contribution in [3.05, 3.63) is 35.9 Å². The Bertz CT molecular complexity index is 519. The molecule has 0 aliphatic rings. The Morgan fingerprint density at radius 3 is 2.23 bits per heavy atom. The summed E-state index contributed by atoms with van der Waals surface area (Å²) in [5.74, 6) is -1.38. The Balaban J connectivity index is 2.32. The molecular formula is C15H21N3O4. The van der Waals surface area contributed by atoms with E-state index in [1.807, 2.05) is 0 Å². The summed E-state index contributed by atoms with van der Waals surface area (Å²) in [6, 6.07) is 6.99. The standard InChI is InChI=1S/C15H21N3O4/c16-11(14(20)10-4-2-1-3-5-10)8-9-22-15(21)12(17)6-7-13(18)19/h1-5,11-12H,6-9,16-17H2,(H2,18,19)/t11?,12-/m0/s1. The van der Waals surface area contributed by atoms with Crippen molar-refractivity contribution in [2.45, 2.75) is 31.3 Å². The smallest absolute Gasteiger partial charge is 0.322 e. The van der Waals surface area contributed by atoms with Crippen LogP contribution in [0.3, 0.4) is 0 Å². The van der Waals surface area contributed by atoms with E-state index in [4.69, 9.17) is 21.9 Å². The molecule has 0 aliphatic heterocycles. The van der Waals surface area contributed by atoms with Crippen LogP contribution in [0.15, 0.2) is 30.3 Å². The predicted molar refractivity (Wildman–Crippen MR) is 80.7 cm³/mol. The molecule has 0 saturated carbocycles. The molecule has 0 bridgehead atoms. The van der Waals surface area contributed by atoms with Gasteiger partial charge in [-0.1, -0.05) is 30.3 Å². The highest BCUT2D eigenvalue weighted by Crippen LogP contribution is 2.05. The van der Waals surface area contributed by atoms with Crippen LogP contribution in [0, 0.1) is 0 Å². The number of hydrogen-bond donors (Lipinski definition) is 3. The van der Waals surface area contributed by atoms with E-state index in [0.29, 0.717) is 5.56 Å². The molecule has 0 heterocycles. The van der Waals surface area contributed by atoms with Gasteiger partial charge in [-0.3, -0.25) is 14.4 Å². The number of benzene rings is 1. The van der Waals surface area contributed by atoms with Crippen molar-refractivity contribution in [3.8, 4) is 0 Å². The van der Waals surface area contributed by atoms with E-state index in [1.165, 1.54) is 0 Å². The number of carbonyl (C=O) groups excluding carboxylic acids is 3. The minimum absolute atomic E-state index is 0.0111. The summed E-state index contributed by atoms with van der Waals surface area (Å²) in [4.78, 5) is 34.1. The lowest BCUT2D eigenvalue weighted by atomic mass is 10.0. The van der Waals surface area contributed by atoms with Gasteiger partial charge in [-0.25, -0.2) is 0 Å². The SMILES string of the molecule is NC(=O)CC[C@H](N)C(=O)OCCC(N)C(=O)c1ccccc1. The van der Waals surface area contributed by atoms with E-state index in [1.54, 1.807) is 30.3 Å². The fourth-order valence-electron chi connectivity index (χ4n) is 1.76. The quantitative estimate of drug-likeness (QED) is 0.423. The van der Waals surface area contributed by atoms with Gasteiger partial charge in [-0.2, -0.15) is 0 Å². The van der Waals surface area contributed by atoms with Gasteiger partial charge in [0.2, 0.25) is 5.91 Å². The summed E-state index contributed by atoms with van der Waals surface area (Å²) in [5, 5.41) is 0. The minimum Gasteiger partial charge on any atom is -0.464 e. The summed E-state index contributed by atoms with van der Waals surface area (Å²) in [5.41, 5.74) is 16.8. The number of hydrogen-bond acceptors (Lipinski definition) is 6. The fourth-order valence-corrected chi connectivity index (χ4v) is 1.76. The molecule has 0 fully saturated rings. The summed E-state index contributed by atoms with van der Waals surface area (Å²) in [6.45, 7) is -0.0111. The van der Waals surface area contributed by atoms with Crippen LogP contribution in [0.25, 0.3) is 0 Å². The molecule has 0 saturated heterocycles. The Labute approximate surface area is 128 Å². The monoisotopic (exact) mass is 307 g/mol. The van der Waals surface area contributed by atoms with Gasteiger partial charge in [0.1, 0.15) is 6.04 Å². The molecule has 0 aliphatic carbocycles. The lowest BCUT2D eigenvalue weighted by molar-refractivity contribution is -0.145. The molecule has 120 valence electrons. The zero-order valence-corrected chi connectivity index (χ0v) is 12.2. The summed E-state index contributed by atoms with van der Waals surface area (Å²) >= 11 is 0. The Hall–Kier alpha value is -2.25.